The highest BCUT2D eigenvalue weighted by molar-refractivity contribution is 8.02. The lowest BCUT2D eigenvalue weighted by Gasteiger charge is -2.20. The molecule has 0 radical (unpaired) electrons. The molecule has 1 aliphatic heterocycles. The summed E-state index contributed by atoms with van der Waals surface area (Å²) in [6.45, 7) is 5.09. The summed E-state index contributed by atoms with van der Waals surface area (Å²) in [5, 5.41) is 4.54. The van der Waals surface area contributed by atoms with E-state index in [1.807, 2.05) is 0 Å². The maximum absolute atomic E-state index is 12.4. The molecule has 0 atom stereocenters. The first-order valence-electron chi connectivity index (χ1n) is 8.24. The molecular formula is C17H20N2O6S2. The van der Waals surface area contributed by atoms with Gasteiger partial charge in [0.15, 0.2) is 0 Å². The van der Waals surface area contributed by atoms with Crippen molar-refractivity contribution in [2.75, 3.05) is 30.8 Å². The molecule has 2 rings (SSSR count). The third-order valence-electron chi connectivity index (χ3n) is 3.52. The van der Waals surface area contributed by atoms with Crippen LogP contribution in [-0.4, -0.2) is 54.2 Å². The Labute approximate surface area is 164 Å². The zero-order valence-corrected chi connectivity index (χ0v) is 16.8. The van der Waals surface area contributed by atoms with Gasteiger partial charge in [0.1, 0.15) is 16.4 Å². The minimum absolute atomic E-state index is 0.120. The lowest BCUT2D eigenvalue weighted by molar-refractivity contribution is -0.129. The predicted molar refractivity (Wildman–Crippen MR) is 103 cm³/mol. The minimum atomic E-state index is -0.637. The van der Waals surface area contributed by atoms with Crippen LogP contribution in [0.15, 0.2) is 11.6 Å². The number of esters is 2. The van der Waals surface area contributed by atoms with E-state index in [1.54, 1.807) is 26.2 Å². The van der Waals surface area contributed by atoms with E-state index in [9.17, 15) is 19.2 Å². The highest BCUT2D eigenvalue weighted by Gasteiger charge is 2.28. The number of carbonyl (C=O) groups is 4. The third kappa shape index (κ3) is 5.10. The van der Waals surface area contributed by atoms with E-state index in [1.165, 1.54) is 22.9 Å². The monoisotopic (exact) mass is 412 g/mol. The summed E-state index contributed by atoms with van der Waals surface area (Å²) in [5.74, 6) is -1.61. The van der Waals surface area contributed by atoms with E-state index < -0.39 is 17.8 Å². The molecule has 2 amide bonds. The Morgan fingerprint density at radius 3 is 2.48 bits per heavy atom. The SMILES string of the molecule is CCOC(=O)c1sc(NC(=O)CN2C=CSCC2=O)c(C(=O)OCC)c1C. The molecular weight excluding hydrogens is 392 g/mol. The lowest BCUT2D eigenvalue weighted by atomic mass is 10.1. The van der Waals surface area contributed by atoms with Crippen molar-refractivity contribution >= 4 is 51.9 Å². The van der Waals surface area contributed by atoms with Crippen molar-refractivity contribution in [2.45, 2.75) is 20.8 Å². The van der Waals surface area contributed by atoms with Gasteiger partial charge in [0.2, 0.25) is 11.8 Å². The van der Waals surface area contributed by atoms with Gasteiger partial charge in [-0.2, -0.15) is 0 Å². The van der Waals surface area contributed by atoms with Crippen LogP contribution >= 0.6 is 23.1 Å². The first-order valence-corrected chi connectivity index (χ1v) is 10.1. The number of thiophene rings is 1. The van der Waals surface area contributed by atoms with E-state index in [0.29, 0.717) is 5.56 Å². The van der Waals surface area contributed by atoms with Crippen LogP contribution in [0.4, 0.5) is 5.00 Å². The van der Waals surface area contributed by atoms with Crippen LogP contribution in [0.1, 0.15) is 39.4 Å². The van der Waals surface area contributed by atoms with Gasteiger partial charge in [0.25, 0.3) is 0 Å². The van der Waals surface area contributed by atoms with Crippen LogP contribution in [0.2, 0.25) is 0 Å². The Bertz CT molecular complexity index is 787. The fourth-order valence-corrected chi connectivity index (χ4v) is 4.05. The Balaban J connectivity index is 2.26. The summed E-state index contributed by atoms with van der Waals surface area (Å²) in [6, 6.07) is 0. The average Bonchev–Trinajstić information content (AvgIpc) is 2.93. The first-order chi connectivity index (χ1) is 12.9. The number of rotatable bonds is 7. The predicted octanol–water partition coefficient (Wildman–Crippen LogP) is 2.40. The van der Waals surface area contributed by atoms with Gasteiger partial charge in [-0.25, -0.2) is 9.59 Å². The van der Waals surface area contributed by atoms with Crippen LogP contribution in [0.3, 0.4) is 0 Å². The molecule has 0 unspecified atom stereocenters. The molecule has 0 saturated carbocycles. The molecule has 0 fully saturated rings. The molecule has 0 bridgehead atoms. The number of ether oxygens (including phenoxy) is 2. The molecule has 0 saturated heterocycles. The maximum Gasteiger partial charge on any atom is 0.348 e. The molecule has 0 aromatic carbocycles. The molecule has 0 aliphatic carbocycles. The Kier molecular flexibility index (Phi) is 7.43. The van der Waals surface area contributed by atoms with E-state index in [-0.39, 0.29) is 46.9 Å². The zero-order valence-electron chi connectivity index (χ0n) is 15.2. The normalized spacial score (nSPS) is 13.4. The second kappa shape index (κ2) is 9.56. The van der Waals surface area contributed by atoms with E-state index in [2.05, 4.69) is 5.32 Å². The lowest BCUT2D eigenvalue weighted by Crippen LogP contribution is -2.36. The van der Waals surface area contributed by atoms with Gasteiger partial charge in [-0.3, -0.25) is 9.59 Å². The van der Waals surface area contributed by atoms with Gasteiger partial charge in [-0.05, 0) is 31.7 Å². The smallest absolute Gasteiger partial charge is 0.348 e. The molecule has 8 nitrogen and oxygen atoms in total. The summed E-state index contributed by atoms with van der Waals surface area (Å²) >= 11 is 2.30. The number of hydrogen-bond acceptors (Lipinski definition) is 8. The zero-order chi connectivity index (χ0) is 20.0. The topological polar surface area (TPSA) is 102 Å². The Hall–Kier alpha value is -2.33. The Morgan fingerprint density at radius 2 is 1.85 bits per heavy atom. The second-order valence-electron chi connectivity index (χ2n) is 5.37. The largest absolute Gasteiger partial charge is 0.462 e. The van der Waals surface area contributed by atoms with Crippen LogP contribution in [0.5, 0.6) is 0 Å². The molecule has 2 heterocycles. The molecule has 0 spiro atoms. The summed E-state index contributed by atoms with van der Waals surface area (Å²) in [6.07, 6.45) is 1.53. The van der Waals surface area contributed by atoms with Crippen LogP contribution in [0.25, 0.3) is 0 Å². The third-order valence-corrected chi connectivity index (χ3v) is 5.43. The molecule has 1 aromatic heterocycles. The van der Waals surface area contributed by atoms with Gasteiger partial charge in [0.05, 0.1) is 24.5 Å². The molecule has 146 valence electrons. The van der Waals surface area contributed by atoms with E-state index in [0.717, 1.165) is 11.3 Å². The van der Waals surface area contributed by atoms with Crippen molar-refractivity contribution in [1.82, 2.24) is 4.90 Å². The van der Waals surface area contributed by atoms with E-state index in [4.69, 9.17) is 9.47 Å². The van der Waals surface area contributed by atoms with Crippen LogP contribution < -0.4 is 5.32 Å². The number of hydrogen-bond donors (Lipinski definition) is 1. The van der Waals surface area contributed by atoms with E-state index >= 15 is 0 Å². The number of anilines is 1. The average molecular weight is 412 g/mol. The van der Waals surface area contributed by atoms with Gasteiger partial charge >= 0.3 is 11.9 Å². The van der Waals surface area contributed by atoms with Crippen molar-refractivity contribution in [1.29, 1.82) is 0 Å². The summed E-state index contributed by atoms with van der Waals surface area (Å²) in [4.78, 5) is 50.1. The van der Waals surface area contributed by atoms with Crippen LogP contribution in [-0.2, 0) is 19.1 Å². The molecule has 10 heteroatoms. The minimum Gasteiger partial charge on any atom is -0.462 e. The summed E-state index contributed by atoms with van der Waals surface area (Å²) in [5.41, 5.74) is 0.506. The second-order valence-corrected chi connectivity index (χ2v) is 7.28. The first kappa shape index (κ1) is 21.0. The number of amides is 2. The summed E-state index contributed by atoms with van der Waals surface area (Å²) < 4.78 is 10.0. The van der Waals surface area contributed by atoms with Crippen molar-refractivity contribution < 1.29 is 28.7 Å². The summed E-state index contributed by atoms with van der Waals surface area (Å²) in [7, 11) is 0. The number of nitrogens with zero attached hydrogens (tertiary/aromatic N) is 1. The fraction of sp³-hybridized carbons (Fsp3) is 0.412. The highest BCUT2D eigenvalue weighted by atomic mass is 32.2. The van der Waals surface area contributed by atoms with Gasteiger partial charge in [-0.15, -0.1) is 23.1 Å². The van der Waals surface area contributed by atoms with Gasteiger partial charge in [-0.1, -0.05) is 0 Å². The maximum atomic E-state index is 12.4. The highest BCUT2D eigenvalue weighted by Crippen LogP contribution is 2.34. The number of thioether (sulfide) groups is 1. The molecule has 1 aliphatic rings. The van der Waals surface area contributed by atoms with Crippen molar-refractivity contribution in [3.05, 3.63) is 27.6 Å². The molecule has 27 heavy (non-hydrogen) atoms. The standard InChI is InChI=1S/C17H20N2O6S2/c1-4-24-16(22)13-10(3)14(17(23)25-5-2)27-15(13)18-11(20)8-19-6-7-26-9-12(19)21/h6-7H,4-5,8-9H2,1-3H3,(H,18,20). The fourth-order valence-electron chi connectivity index (χ4n) is 2.31. The molecule has 1 aromatic rings. The van der Waals surface area contributed by atoms with Gasteiger partial charge in [0, 0.05) is 6.20 Å². The number of nitrogens with one attached hydrogen (secondary N) is 1. The van der Waals surface area contributed by atoms with Crippen LogP contribution in [0, 0.1) is 6.92 Å². The van der Waals surface area contributed by atoms with Crippen molar-refractivity contribution in [3.63, 3.8) is 0 Å². The van der Waals surface area contributed by atoms with Crippen molar-refractivity contribution in [3.8, 4) is 0 Å². The number of carbonyl (C=O) groups excluding carboxylic acids is 4. The quantitative estimate of drug-likeness (QED) is 0.686. The van der Waals surface area contributed by atoms with Gasteiger partial charge < -0.3 is 19.7 Å². The molecule has 1 N–H and O–H groups in total. The van der Waals surface area contributed by atoms with Crippen molar-refractivity contribution in [2.24, 2.45) is 0 Å². The Morgan fingerprint density at radius 1 is 1.19 bits per heavy atom.